The van der Waals surface area contributed by atoms with Crippen LogP contribution in [-0.4, -0.2) is 5.97 Å². The molecule has 1 fully saturated rings. The summed E-state index contributed by atoms with van der Waals surface area (Å²) < 4.78 is 5.33. The molecule has 0 aromatic rings. The molecule has 1 atom stereocenters. The molecular weight excluding hydrogens is 176 g/mol. The largest absolute Gasteiger partial charge is 0.431 e. The minimum atomic E-state index is -0.153. The summed E-state index contributed by atoms with van der Waals surface area (Å²) >= 11 is 0. The van der Waals surface area contributed by atoms with Crippen molar-refractivity contribution in [2.45, 2.75) is 51.9 Å². The van der Waals surface area contributed by atoms with Crippen molar-refractivity contribution < 1.29 is 9.53 Å². The van der Waals surface area contributed by atoms with E-state index in [1.165, 1.54) is 44.6 Å². The van der Waals surface area contributed by atoms with E-state index in [1.54, 1.807) is 0 Å². The number of carbonyl (C=O) groups is 1. The maximum absolute atomic E-state index is 11.0. The van der Waals surface area contributed by atoms with Gasteiger partial charge in [0.2, 0.25) is 0 Å². The Hall–Kier alpha value is -0.790. The molecule has 0 aliphatic heterocycles. The summed E-state index contributed by atoms with van der Waals surface area (Å²) in [6.07, 6.45) is 8.51. The van der Waals surface area contributed by atoms with Gasteiger partial charge < -0.3 is 4.74 Å². The molecule has 0 spiro atoms. The van der Waals surface area contributed by atoms with Crippen LogP contribution in [0.3, 0.4) is 0 Å². The van der Waals surface area contributed by atoms with Gasteiger partial charge in [-0.1, -0.05) is 6.42 Å². The lowest BCUT2D eigenvalue weighted by atomic mass is 9.98. The van der Waals surface area contributed by atoms with Crippen molar-refractivity contribution in [2.24, 2.45) is 5.92 Å². The van der Waals surface area contributed by atoms with Gasteiger partial charge in [0, 0.05) is 13.3 Å². The predicted octanol–water partition coefficient (Wildman–Crippen LogP) is 3.18. The average molecular weight is 194 g/mol. The number of rotatable bonds is 1. The van der Waals surface area contributed by atoms with E-state index in [0.717, 1.165) is 24.5 Å². The standard InChI is InChI=1S/C12H18O2/c1-9(13)14-12-8-3-2-5-10-6-4-7-11(10)12/h10H,2-8H2,1H3. The number of ether oxygens (including phenoxy) is 1. The zero-order valence-electron chi connectivity index (χ0n) is 8.84. The van der Waals surface area contributed by atoms with Crippen LogP contribution in [0.2, 0.25) is 0 Å². The van der Waals surface area contributed by atoms with Gasteiger partial charge in [-0.05, 0) is 43.6 Å². The van der Waals surface area contributed by atoms with Crippen LogP contribution in [0.4, 0.5) is 0 Å². The fourth-order valence-corrected chi connectivity index (χ4v) is 2.73. The molecule has 0 N–H and O–H groups in total. The predicted molar refractivity (Wildman–Crippen MR) is 54.6 cm³/mol. The van der Waals surface area contributed by atoms with E-state index in [2.05, 4.69) is 0 Å². The molecule has 0 aromatic heterocycles. The Morgan fingerprint density at radius 1 is 1.21 bits per heavy atom. The monoisotopic (exact) mass is 194 g/mol. The van der Waals surface area contributed by atoms with Crippen LogP contribution < -0.4 is 0 Å². The molecule has 0 heterocycles. The molecule has 78 valence electrons. The minimum absolute atomic E-state index is 0.153. The summed E-state index contributed by atoms with van der Waals surface area (Å²) in [5.41, 5.74) is 1.46. The van der Waals surface area contributed by atoms with Crippen molar-refractivity contribution in [2.75, 3.05) is 0 Å². The van der Waals surface area contributed by atoms with Crippen molar-refractivity contribution in [1.29, 1.82) is 0 Å². The quantitative estimate of drug-likeness (QED) is 0.599. The number of hydrogen-bond donors (Lipinski definition) is 0. The van der Waals surface area contributed by atoms with Gasteiger partial charge in [0.15, 0.2) is 0 Å². The summed E-state index contributed by atoms with van der Waals surface area (Å²) in [7, 11) is 0. The summed E-state index contributed by atoms with van der Waals surface area (Å²) in [5.74, 6) is 1.59. The first-order valence-corrected chi connectivity index (χ1v) is 5.67. The first-order chi connectivity index (χ1) is 6.77. The van der Waals surface area contributed by atoms with Crippen LogP contribution in [0, 0.1) is 5.92 Å². The van der Waals surface area contributed by atoms with E-state index in [4.69, 9.17) is 4.74 Å². The molecule has 2 rings (SSSR count). The Morgan fingerprint density at radius 3 is 2.79 bits per heavy atom. The van der Waals surface area contributed by atoms with Gasteiger partial charge in [-0.2, -0.15) is 0 Å². The van der Waals surface area contributed by atoms with E-state index in [-0.39, 0.29) is 5.97 Å². The van der Waals surface area contributed by atoms with Gasteiger partial charge in [0.25, 0.3) is 0 Å². The fraction of sp³-hybridized carbons (Fsp3) is 0.750. The van der Waals surface area contributed by atoms with Crippen molar-refractivity contribution in [3.05, 3.63) is 11.3 Å². The third kappa shape index (κ3) is 1.99. The topological polar surface area (TPSA) is 26.3 Å². The van der Waals surface area contributed by atoms with Gasteiger partial charge in [0.05, 0.1) is 0 Å². The normalized spacial score (nSPS) is 27.1. The van der Waals surface area contributed by atoms with E-state index < -0.39 is 0 Å². The van der Waals surface area contributed by atoms with Crippen LogP contribution in [0.1, 0.15) is 51.9 Å². The van der Waals surface area contributed by atoms with Gasteiger partial charge in [0.1, 0.15) is 5.76 Å². The Kier molecular flexibility index (Phi) is 2.90. The van der Waals surface area contributed by atoms with Crippen LogP contribution in [0.25, 0.3) is 0 Å². The van der Waals surface area contributed by atoms with Crippen molar-refractivity contribution >= 4 is 5.97 Å². The Bertz CT molecular complexity index is 265. The summed E-state index contributed by atoms with van der Waals surface area (Å²) in [5, 5.41) is 0. The van der Waals surface area contributed by atoms with Crippen molar-refractivity contribution in [3.63, 3.8) is 0 Å². The molecule has 2 nitrogen and oxygen atoms in total. The zero-order valence-corrected chi connectivity index (χ0v) is 8.84. The molecule has 2 aliphatic carbocycles. The third-order valence-corrected chi connectivity index (χ3v) is 3.32. The zero-order chi connectivity index (χ0) is 9.97. The summed E-state index contributed by atoms with van der Waals surface area (Å²) in [6.45, 7) is 1.50. The first-order valence-electron chi connectivity index (χ1n) is 5.67. The minimum Gasteiger partial charge on any atom is -0.431 e. The Balaban J connectivity index is 2.18. The molecule has 2 aliphatic rings. The highest BCUT2D eigenvalue weighted by molar-refractivity contribution is 5.67. The van der Waals surface area contributed by atoms with Gasteiger partial charge >= 0.3 is 5.97 Å². The summed E-state index contributed by atoms with van der Waals surface area (Å²) in [6, 6.07) is 0. The smallest absolute Gasteiger partial charge is 0.307 e. The number of esters is 1. The number of hydrogen-bond acceptors (Lipinski definition) is 2. The number of allylic oxidation sites excluding steroid dienone is 2. The lowest BCUT2D eigenvalue weighted by Gasteiger charge is -2.12. The molecule has 0 amide bonds. The lowest BCUT2D eigenvalue weighted by Crippen LogP contribution is -2.03. The van der Waals surface area contributed by atoms with Crippen LogP contribution >= 0.6 is 0 Å². The van der Waals surface area contributed by atoms with Crippen LogP contribution in [-0.2, 0) is 9.53 Å². The van der Waals surface area contributed by atoms with Gasteiger partial charge in [-0.3, -0.25) is 4.79 Å². The maximum atomic E-state index is 11.0. The van der Waals surface area contributed by atoms with E-state index in [0.29, 0.717) is 0 Å². The molecule has 0 radical (unpaired) electrons. The third-order valence-electron chi connectivity index (χ3n) is 3.32. The highest BCUT2D eigenvalue weighted by Crippen LogP contribution is 2.40. The van der Waals surface area contributed by atoms with Crippen LogP contribution in [0.15, 0.2) is 11.3 Å². The second-order valence-corrected chi connectivity index (χ2v) is 4.38. The van der Waals surface area contributed by atoms with Crippen LogP contribution in [0.5, 0.6) is 0 Å². The molecule has 0 saturated heterocycles. The molecule has 1 unspecified atom stereocenters. The molecule has 14 heavy (non-hydrogen) atoms. The van der Waals surface area contributed by atoms with E-state index >= 15 is 0 Å². The molecule has 0 bridgehead atoms. The number of fused-ring (bicyclic) bond motifs is 1. The Morgan fingerprint density at radius 2 is 2.00 bits per heavy atom. The summed E-state index contributed by atoms with van der Waals surface area (Å²) in [4.78, 5) is 11.0. The van der Waals surface area contributed by atoms with Crippen molar-refractivity contribution in [1.82, 2.24) is 0 Å². The highest BCUT2D eigenvalue weighted by Gasteiger charge is 2.27. The average Bonchev–Trinajstić information content (AvgIpc) is 2.51. The van der Waals surface area contributed by atoms with Gasteiger partial charge in [-0.25, -0.2) is 0 Å². The van der Waals surface area contributed by atoms with Crippen molar-refractivity contribution in [3.8, 4) is 0 Å². The first kappa shape index (κ1) is 9.75. The fourth-order valence-electron chi connectivity index (χ4n) is 2.73. The second kappa shape index (κ2) is 4.16. The SMILES string of the molecule is CC(=O)OC1=C2CCCC2CCCC1. The lowest BCUT2D eigenvalue weighted by molar-refractivity contribution is -0.137. The molecule has 1 saturated carbocycles. The van der Waals surface area contributed by atoms with Gasteiger partial charge in [-0.15, -0.1) is 0 Å². The molecule has 2 heteroatoms. The second-order valence-electron chi connectivity index (χ2n) is 4.38. The Labute approximate surface area is 85.3 Å². The number of carbonyl (C=O) groups excluding carboxylic acids is 1. The molecular formula is C12H18O2. The van der Waals surface area contributed by atoms with E-state index in [9.17, 15) is 4.79 Å². The maximum Gasteiger partial charge on any atom is 0.307 e. The highest BCUT2D eigenvalue weighted by atomic mass is 16.5. The van der Waals surface area contributed by atoms with E-state index in [1.807, 2.05) is 0 Å². The molecule has 0 aromatic carbocycles.